The Hall–Kier alpha value is -1.64. The second-order valence-electron chi connectivity index (χ2n) is 7.85. The number of carbonyl (C=O) groups is 1. The van der Waals surface area contributed by atoms with Gasteiger partial charge in [0.2, 0.25) is 5.91 Å². The van der Waals surface area contributed by atoms with Crippen LogP contribution in [-0.2, 0) is 11.3 Å². The number of hydrogen-bond acceptors (Lipinski definition) is 5. The van der Waals surface area contributed by atoms with Gasteiger partial charge in [-0.3, -0.25) is 9.69 Å². The van der Waals surface area contributed by atoms with Crippen LogP contribution in [0.15, 0.2) is 23.7 Å². The molecular formula is C22H36N4O2S2. The number of likely N-dealkylation sites (tertiary alicyclic amines) is 1. The number of amides is 1. The molecule has 3 N–H and O–H groups in total. The van der Waals surface area contributed by atoms with E-state index in [0.29, 0.717) is 30.7 Å². The monoisotopic (exact) mass is 452 g/mol. The Labute approximate surface area is 190 Å². The first-order valence-corrected chi connectivity index (χ1v) is 12.2. The Morgan fingerprint density at radius 1 is 1.33 bits per heavy atom. The van der Waals surface area contributed by atoms with Crippen LogP contribution in [0, 0.1) is 0 Å². The van der Waals surface area contributed by atoms with Gasteiger partial charge in [-0.25, -0.2) is 0 Å². The number of carbonyl (C=O) groups excluding carboxylic acids is 1. The molecule has 1 saturated heterocycles. The summed E-state index contributed by atoms with van der Waals surface area (Å²) in [6.07, 6.45) is 9.60. The number of thiophene rings is 1. The molecule has 1 aliphatic rings. The van der Waals surface area contributed by atoms with Gasteiger partial charge in [0.05, 0.1) is 6.61 Å². The molecule has 1 fully saturated rings. The van der Waals surface area contributed by atoms with E-state index in [0.717, 1.165) is 25.1 Å². The molecule has 0 bridgehead atoms. The van der Waals surface area contributed by atoms with Gasteiger partial charge in [-0.1, -0.05) is 12.5 Å². The van der Waals surface area contributed by atoms with Crippen molar-refractivity contribution in [2.24, 2.45) is 0 Å². The minimum absolute atomic E-state index is 0.0110. The summed E-state index contributed by atoms with van der Waals surface area (Å²) in [4.78, 5) is 15.7. The van der Waals surface area contributed by atoms with E-state index in [1.54, 1.807) is 17.5 Å². The lowest BCUT2D eigenvalue weighted by Crippen LogP contribution is -2.39. The molecular weight excluding hydrogens is 416 g/mol. The molecule has 1 aromatic rings. The number of nitrogens with one attached hydrogen (secondary N) is 3. The predicted molar refractivity (Wildman–Crippen MR) is 129 cm³/mol. The Morgan fingerprint density at radius 3 is 2.90 bits per heavy atom. The first-order valence-electron chi connectivity index (χ1n) is 10.9. The van der Waals surface area contributed by atoms with Crippen LogP contribution in [0.25, 0.3) is 0 Å². The van der Waals surface area contributed by atoms with Gasteiger partial charge in [0.1, 0.15) is 5.75 Å². The van der Waals surface area contributed by atoms with E-state index in [-0.39, 0.29) is 5.91 Å². The summed E-state index contributed by atoms with van der Waals surface area (Å²) in [5, 5.41) is 11.7. The van der Waals surface area contributed by atoms with Crippen LogP contribution in [0.1, 0.15) is 57.2 Å². The van der Waals surface area contributed by atoms with Gasteiger partial charge >= 0.3 is 0 Å². The second kappa shape index (κ2) is 14.4. The SMILES string of the molecule is CC(C)NC(=S)NCCCC(=O)N/C=C\CCOc1csc(CN2CCCCC2)c1. The maximum absolute atomic E-state index is 11.8. The van der Waals surface area contributed by atoms with Crippen molar-refractivity contribution in [2.75, 3.05) is 26.2 Å². The highest BCUT2D eigenvalue weighted by Gasteiger charge is 2.11. The number of rotatable bonds is 12. The van der Waals surface area contributed by atoms with Gasteiger partial charge in [0.25, 0.3) is 0 Å². The third-order valence-electron chi connectivity index (χ3n) is 4.66. The van der Waals surface area contributed by atoms with Crippen LogP contribution < -0.4 is 20.7 Å². The fourth-order valence-corrected chi connectivity index (χ4v) is 4.36. The molecule has 0 aliphatic carbocycles. The van der Waals surface area contributed by atoms with Crippen molar-refractivity contribution in [2.45, 2.75) is 65.0 Å². The van der Waals surface area contributed by atoms with Crippen LogP contribution in [0.4, 0.5) is 0 Å². The van der Waals surface area contributed by atoms with Crippen molar-refractivity contribution < 1.29 is 9.53 Å². The quantitative estimate of drug-likeness (QED) is 0.331. The zero-order valence-electron chi connectivity index (χ0n) is 18.2. The predicted octanol–water partition coefficient (Wildman–Crippen LogP) is 3.79. The number of ether oxygens (including phenoxy) is 1. The molecule has 1 aromatic heterocycles. The van der Waals surface area contributed by atoms with Crippen LogP contribution in [0.5, 0.6) is 5.75 Å². The molecule has 0 unspecified atom stereocenters. The van der Waals surface area contributed by atoms with Gasteiger partial charge in [0, 0.05) is 42.2 Å². The zero-order valence-corrected chi connectivity index (χ0v) is 19.9. The third kappa shape index (κ3) is 10.9. The summed E-state index contributed by atoms with van der Waals surface area (Å²) in [5.41, 5.74) is 0. The van der Waals surface area contributed by atoms with Crippen molar-refractivity contribution in [3.63, 3.8) is 0 Å². The molecule has 0 spiro atoms. The van der Waals surface area contributed by atoms with Gasteiger partial charge in [-0.2, -0.15) is 0 Å². The molecule has 6 nitrogen and oxygen atoms in total. The lowest BCUT2D eigenvalue weighted by molar-refractivity contribution is -0.120. The van der Waals surface area contributed by atoms with E-state index in [9.17, 15) is 4.79 Å². The van der Waals surface area contributed by atoms with Crippen molar-refractivity contribution in [1.29, 1.82) is 0 Å². The lowest BCUT2D eigenvalue weighted by atomic mass is 10.1. The number of thiocarbonyl (C=S) groups is 1. The summed E-state index contributed by atoms with van der Waals surface area (Å²) in [7, 11) is 0. The summed E-state index contributed by atoms with van der Waals surface area (Å²) in [6.45, 7) is 8.82. The topological polar surface area (TPSA) is 65.6 Å². The molecule has 0 radical (unpaired) electrons. The van der Waals surface area contributed by atoms with Gasteiger partial charge in [-0.15, -0.1) is 11.3 Å². The molecule has 0 aromatic carbocycles. The van der Waals surface area contributed by atoms with Crippen LogP contribution in [0.3, 0.4) is 0 Å². The van der Waals surface area contributed by atoms with E-state index in [2.05, 4.69) is 32.3 Å². The fraction of sp³-hybridized carbons (Fsp3) is 0.636. The highest BCUT2D eigenvalue weighted by atomic mass is 32.1. The Bertz CT molecular complexity index is 670. The Kier molecular flexibility index (Phi) is 11.8. The van der Waals surface area contributed by atoms with Crippen LogP contribution in [0.2, 0.25) is 0 Å². The standard InChI is InChI=1S/C22H36N4O2S2/c1-18(2)25-22(29)24-11-8-9-21(27)23-10-4-7-14-28-19-15-20(30-17-19)16-26-12-5-3-6-13-26/h4,10,15,17-18H,3,5-9,11-14,16H2,1-2H3,(H,23,27)(H2,24,25,29)/b10-4-. The molecule has 0 atom stereocenters. The summed E-state index contributed by atoms with van der Waals surface area (Å²) < 4.78 is 5.81. The lowest BCUT2D eigenvalue weighted by Gasteiger charge is -2.25. The van der Waals surface area contributed by atoms with E-state index in [1.165, 1.54) is 37.2 Å². The van der Waals surface area contributed by atoms with Crippen molar-refractivity contribution >= 4 is 34.6 Å². The minimum atomic E-state index is 0.0110. The number of nitrogens with zero attached hydrogens (tertiary/aromatic N) is 1. The molecule has 2 rings (SSSR count). The molecule has 0 saturated carbocycles. The van der Waals surface area contributed by atoms with Crippen LogP contribution in [-0.4, -0.2) is 48.2 Å². The summed E-state index contributed by atoms with van der Waals surface area (Å²) >= 11 is 6.92. The van der Waals surface area contributed by atoms with E-state index < -0.39 is 0 Å². The minimum Gasteiger partial charge on any atom is -0.492 e. The fourth-order valence-electron chi connectivity index (χ4n) is 3.17. The first-order chi connectivity index (χ1) is 14.5. The molecule has 1 amide bonds. The van der Waals surface area contributed by atoms with Crippen molar-refractivity contribution in [3.8, 4) is 5.75 Å². The molecule has 8 heteroatoms. The molecule has 2 heterocycles. The number of hydrogen-bond donors (Lipinski definition) is 3. The Balaban J connectivity index is 1.49. The zero-order chi connectivity index (χ0) is 21.6. The van der Waals surface area contributed by atoms with E-state index in [4.69, 9.17) is 17.0 Å². The second-order valence-corrected chi connectivity index (χ2v) is 9.26. The average Bonchev–Trinajstić information content (AvgIpc) is 3.15. The summed E-state index contributed by atoms with van der Waals surface area (Å²) in [6, 6.07) is 2.46. The molecule has 168 valence electrons. The summed E-state index contributed by atoms with van der Waals surface area (Å²) in [5.74, 6) is 0.957. The van der Waals surface area contributed by atoms with Gasteiger partial charge < -0.3 is 20.7 Å². The third-order valence-corrected chi connectivity index (χ3v) is 5.82. The Morgan fingerprint density at radius 2 is 2.13 bits per heavy atom. The smallest absolute Gasteiger partial charge is 0.223 e. The highest BCUT2D eigenvalue weighted by molar-refractivity contribution is 7.80. The highest BCUT2D eigenvalue weighted by Crippen LogP contribution is 2.24. The largest absolute Gasteiger partial charge is 0.492 e. The maximum atomic E-state index is 11.8. The van der Waals surface area contributed by atoms with E-state index in [1.807, 2.05) is 19.9 Å². The first kappa shape index (κ1) is 24.6. The van der Waals surface area contributed by atoms with Crippen molar-refractivity contribution in [1.82, 2.24) is 20.9 Å². The normalized spacial score (nSPS) is 14.8. The van der Waals surface area contributed by atoms with E-state index >= 15 is 0 Å². The van der Waals surface area contributed by atoms with Gasteiger partial charge in [0.15, 0.2) is 5.11 Å². The molecule has 30 heavy (non-hydrogen) atoms. The van der Waals surface area contributed by atoms with Crippen molar-refractivity contribution in [3.05, 3.63) is 28.6 Å². The number of piperidine rings is 1. The average molecular weight is 453 g/mol. The maximum Gasteiger partial charge on any atom is 0.223 e. The molecule has 1 aliphatic heterocycles. The van der Waals surface area contributed by atoms with Gasteiger partial charge in [-0.05, 0) is 70.7 Å². The van der Waals surface area contributed by atoms with Crippen LogP contribution >= 0.6 is 23.6 Å².